The number of hydrogen-bond donors (Lipinski definition) is 1. The van der Waals surface area contributed by atoms with Crippen LogP contribution in [0.2, 0.25) is 0 Å². The van der Waals surface area contributed by atoms with E-state index in [0.717, 1.165) is 29.4 Å². The van der Waals surface area contributed by atoms with Crippen LogP contribution < -0.4 is 5.73 Å². The molecule has 4 rings (SSSR count). The topological polar surface area (TPSA) is 38.9 Å². The standard InChI is InChI=1S/C18H20N2/c1-11-8-12-6-7-13(9-11)17-16(10-12)20-15-5-3-2-4-14(15)18(17)19/h2-5,8,12-13H,6-7,9-10H2,1H3,(H2,19,20)/t12-,13+/m0/s1. The number of nitrogens with zero attached hydrogens (tertiary/aromatic N) is 1. The summed E-state index contributed by atoms with van der Waals surface area (Å²) < 4.78 is 0. The van der Waals surface area contributed by atoms with Crippen molar-refractivity contribution >= 4 is 16.6 Å². The monoisotopic (exact) mass is 264 g/mol. The smallest absolute Gasteiger partial charge is 0.0726 e. The summed E-state index contributed by atoms with van der Waals surface area (Å²) in [4.78, 5) is 4.93. The van der Waals surface area contributed by atoms with Crippen LogP contribution >= 0.6 is 0 Å². The van der Waals surface area contributed by atoms with Crippen LogP contribution in [-0.2, 0) is 6.42 Å². The Balaban J connectivity index is 1.99. The third-order valence-corrected chi connectivity index (χ3v) is 4.89. The zero-order chi connectivity index (χ0) is 13.7. The molecule has 0 aliphatic heterocycles. The summed E-state index contributed by atoms with van der Waals surface area (Å²) in [6.07, 6.45) is 7.19. The number of aromatic nitrogens is 1. The molecule has 2 aliphatic carbocycles. The van der Waals surface area contributed by atoms with Crippen molar-refractivity contribution in [2.24, 2.45) is 5.92 Å². The van der Waals surface area contributed by atoms with E-state index in [-0.39, 0.29) is 0 Å². The van der Waals surface area contributed by atoms with Crippen LogP contribution in [0.1, 0.15) is 43.4 Å². The number of rotatable bonds is 0. The Morgan fingerprint density at radius 1 is 1.15 bits per heavy atom. The second-order valence-corrected chi connectivity index (χ2v) is 6.36. The van der Waals surface area contributed by atoms with Gasteiger partial charge in [0.15, 0.2) is 0 Å². The lowest BCUT2D eigenvalue weighted by Gasteiger charge is -2.22. The second-order valence-electron chi connectivity index (χ2n) is 6.36. The van der Waals surface area contributed by atoms with E-state index >= 15 is 0 Å². The van der Waals surface area contributed by atoms with Crippen molar-refractivity contribution in [3.63, 3.8) is 0 Å². The van der Waals surface area contributed by atoms with Crippen LogP contribution in [0.25, 0.3) is 10.9 Å². The van der Waals surface area contributed by atoms with E-state index in [1.54, 1.807) is 0 Å². The average molecular weight is 264 g/mol. The van der Waals surface area contributed by atoms with Gasteiger partial charge in [0.2, 0.25) is 0 Å². The van der Waals surface area contributed by atoms with Crippen LogP contribution in [0.15, 0.2) is 35.9 Å². The summed E-state index contributed by atoms with van der Waals surface area (Å²) in [5.74, 6) is 1.21. The van der Waals surface area contributed by atoms with Crippen LogP contribution in [0.5, 0.6) is 0 Å². The SMILES string of the molecule is CC1=C[C@@H]2CC[C@H](C1)c1c(nc3ccccc3c1N)C2. The number of fused-ring (bicyclic) bond motifs is 6. The Bertz CT molecular complexity index is 715. The predicted molar refractivity (Wildman–Crippen MR) is 83.7 cm³/mol. The molecule has 2 bridgehead atoms. The van der Waals surface area contributed by atoms with Crippen molar-refractivity contribution in [1.82, 2.24) is 4.98 Å². The van der Waals surface area contributed by atoms with Gasteiger partial charge in [-0.25, -0.2) is 0 Å². The van der Waals surface area contributed by atoms with Crippen molar-refractivity contribution in [1.29, 1.82) is 0 Å². The molecular weight excluding hydrogens is 244 g/mol. The largest absolute Gasteiger partial charge is 0.398 e. The molecule has 0 amide bonds. The number of nitrogens with two attached hydrogens (primary N) is 1. The first-order valence-corrected chi connectivity index (χ1v) is 7.56. The number of para-hydroxylation sites is 1. The van der Waals surface area contributed by atoms with Crippen molar-refractivity contribution < 1.29 is 0 Å². The van der Waals surface area contributed by atoms with E-state index in [0.29, 0.717) is 11.8 Å². The lowest BCUT2D eigenvalue weighted by molar-refractivity contribution is 0.551. The molecular formula is C18H20N2. The fourth-order valence-corrected chi connectivity index (χ4v) is 4.03. The molecule has 0 unspecified atom stereocenters. The minimum atomic E-state index is 0.561. The first kappa shape index (κ1) is 12.0. The highest BCUT2D eigenvalue weighted by atomic mass is 14.7. The maximum absolute atomic E-state index is 6.53. The van der Waals surface area contributed by atoms with Gasteiger partial charge < -0.3 is 5.73 Å². The lowest BCUT2D eigenvalue weighted by Crippen LogP contribution is -2.10. The molecule has 2 aliphatic rings. The number of allylic oxidation sites excluding steroid dienone is 2. The van der Waals surface area contributed by atoms with Gasteiger partial charge in [-0.15, -0.1) is 0 Å². The van der Waals surface area contributed by atoms with Gasteiger partial charge in [0.05, 0.1) is 5.52 Å². The van der Waals surface area contributed by atoms with Gasteiger partial charge in [-0.1, -0.05) is 29.8 Å². The minimum Gasteiger partial charge on any atom is -0.398 e. The van der Waals surface area contributed by atoms with Gasteiger partial charge in [0.25, 0.3) is 0 Å². The highest BCUT2D eigenvalue weighted by Gasteiger charge is 2.29. The highest BCUT2D eigenvalue weighted by Crippen LogP contribution is 2.44. The number of benzene rings is 1. The second kappa shape index (κ2) is 4.34. The Morgan fingerprint density at radius 2 is 2.00 bits per heavy atom. The maximum Gasteiger partial charge on any atom is 0.0726 e. The molecule has 0 spiro atoms. The third-order valence-electron chi connectivity index (χ3n) is 4.89. The van der Waals surface area contributed by atoms with E-state index in [1.807, 2.05) is 6.07 Å². The molecule has 2 nitrogen and oxygen atoms in total. The van der Waals surface area contributed by atoms with Gasteiger partial charge >= 0.3 is 0 Å². The number of hydrogen-bond acceptors (Lipinski definition) is 2. The van der Waals surface area contributed by atoms with Gasteiger partial charge in [-0.3, -0.25) is 4.98 Å². The van der Waals surface area contributed by atoms with Crippen LogP contribution in [-0.4, -0.2) is 4.98 Å². The molecule has 2 heteroatoms. The fourth-order valence-electron chi connectivity index (χ4n) is 4.03. The van der Waals surface area contributed by atoms with Crippen LogP contribution in [0.4, 0.5) is 5.69 Å². The molecule has 2 atom stereocenters. The van der Waals surface area contributed by atoms with E-state index in [2.05, 4.69) is 31.2 Å². The summed E-state index contributed by atoms with van der Waals surface area (Å²) in [7, 11) is 0. The Hall–Kier alpha value is -1.83. The first-order chi connectivity index (χ1) is 9.72. The Morgan fingerprint density at radius 3 is 2.90 bits per heavy atom. The quantitative estimate of drug-likeness (QED) is 0.724. The fraction of sp³-hybridized carbons (Fsp3) is 0.389. The maximum atomic E-state index is 6.53. The molecule has 2 aromatic rings. The summed E-state index contributed by atoms with van der Waals surface area (Å²) in [6.45, 7) is 2.26. The van der Waals surface area contributed by atoms with Crippen molar-refractivity contribution in [3.8, 4) is 0 Å². The van der Waals surface area contributed by atoms with Crippen molar-refractivity contribution in [3.05, 3.63) is 47.2 Å². The lowest BCUT2D eigenvalue weighted by atomic mass is 9.86. The number of pyridine rings is 1. The number of nitrogen functional groups attached to an aromatic ring is 1. The molecule has 0 fully saturated rings. The van der Waals surface area contributed by atoms with Crippen molar-refractivity contribution in [2.45, 2.75) is 38.5 Å². The number of anilines is 1. The van der Waals surface area contributed by atoms with Crippen molar-refractivity contribution in [2.75, 3.05) is 5.73 Å². The van der Waals surface area contributed by atoms with E-state index in [1.165, 1.54) is 29.7 Å². The zero-order valence-corrected chi connectivity index (χ0v) is 11.9. The van der Waals surface area contributed by atoms with Gasteiger partial charge in [0, 0.05) is 22.3 Å². The van der Waals surface area contributed by atoms with E-state index in [4.69, 9.17) is 10.7 Å². The molecule has 1 aromatic carbocycles. The van der Waals surface area contributed by atoms with Crippen LogP contribution in [0.3, 0.4) is 0 Å². The summed E-state index contributed by atoms with van der Waals surface area (Å²) >= 11 is 0. The Kier molecular flexibility index (Phi) is 2.59. The molecule has 0 saturated heterocycles. The van der Waals surface area contributed by atoms with E-state index in [9.17, 15) is 0 Å². The molecule has 0 saturated carbocycles. The summed E-state index contributed by atoms with van der Waals surface area (Å²) in [6, 6.07) is 8.28. The Labute approximate surface area is 119 Å². The molecule has 102 valence electrons. The van der Waals surface area contributed by atoms with Gasteiger partial charge in [-0.05, 0) is 50.5 Å². The summed E-state index contributed by atoms with van der Waals surface area (Å²) in [5, 5.41) is 1.12. The normalized spacial score (nSPS) is 24.9. The van der Waals surface area contributed by atoms with Gasteiger partial charge in [0.1, 0.15) is 0 Å². The van der Waals surface area contributed by atoms with Crippen LogP contribution in [0, 0.1) is 5.92 Å². The highest BCUT2D eigenvalue weighted by molar-refractivity contribution is 5.92. The predicted octanol–water partition coefficient (Wildman–Crippen LogP) is 4.20. The first-order valence-electron chi connectivity index (χ1n) is 7.56. The molecule has 1 aromatic heterocycles. The average Bonchev–Trinajstić information content (AvgIpc) is 2.69. The van der Waals surface area contributed by atoms with E-state index < -0.39 is 0 Å². The molecule has 1 heterocycles. The summed E-state index contributed by atoms with van der Waals surface area (Å²) in [5.41, 5.74) is 12.7. The molecule has 0 radical (unpaired) electrons. The minimum absolute atomic E-state index is 0.561. The molecule has 2 N–H and O–H groups in total. The third kappa shape index (κ3) is 1.75. The van der Waals surface area contributed by atoms with Gasteiger partial charge in [-0.2, -0.15) is 0 Å². The zero-order valence-electron chi connectivity index (χ0n) is 11.9. The molecule has 20 heavy (non-hydrogen) atoms.